The predicted octanol–water partition coefficient (Wildman–Crippen LogP) is 3.17. The van der Waals surface area contributed by atoms with Crippen molar-refractivity contribution in [3.63, 3.8) is 0 Å². The van der Waals surface area contributed by atoms with E-state index in [9.17, 15) is 19.2 Å². The van der Waals surface area contributed by atoms with E-state index in [1.807, 2.05) is 38.1 Å². The van der Waals surface area contributed by atoms with Gasteiger partial charge in [0.15, 0.2) is 0 Å². The number of hydrogen-bond acceptors (Lipinski definition) is 7. The third kappa shape index (κ3) is 8.72. The summed E-state index contributed by atoms with van der Waals surface area (Å²) in [5.41, 5.74) is 0.914. The molecule has 0 spiro atoms. The third-order valence-electron chi connectivity index (χ3n) is 5.70. The van der Waals surface area contributed by atoms with E-state index < -0.39 is 41.6 Å². The molecule has 2 rings (SSSR count). The normalized spacial score (nSPS) is 18.4. The van der Waals surface area contributed by atoms with Crippen LogP contribution in [0.2, 0.25) is 0 Å². The summed E-state index contributed by atoms with van der Waals surface area (Å²) in [4.78, 5) is 53.0. The number of esters is 1. The molecule has 1 fully saturated rings. The molecule has 0 aromatic heterocycles. The van der Waals surface area contributed by atoms with Gasteiger partial charge in [-0.1, -0.05) is 36.8 Å². The molecule has 10 heteroatoms. The summed E-state index contributed by atoms with van der Waals surface area (Å²) in [6, 6.07) is 5.27. The zero-order chi connectivity index (χ0) is 27.0. The number of alkyl carbamates (subject to hydrolysis) is 1. The quantitative estimate of drug-likeness (QED) is 0.305. The van der Waals surface area contributed by atoms with Crippen LogP contribution in [0.25, 0.3) is 0 Å². The first-order chi connectivity index (χ1) is 16.9. The number of carbonyl (C=O) groups excluding carboxylic acids is 4. The fourth-order valence-corrected chi connectivity index (χ4v) is 4.04. The molecule has 0 bridgehead atoms. The first kappa shape index (κ1) is 29.5. The summed E-state index contributed by atoms with van der Waals surface area (Å²) in [5.74, 6) is -1.02. The Hall–Kier alpha value is -2.75. The minimum atomic E-state index is -0.990. The molecule has 1 aromatic carbocycles. The van der Waals surface area contributed by atoms with Crippen LogP contribution in [0.5, 0.6) is 0 Å². The third-order valence-corrected chi connectivity index (χ3v) is 6.07. The number of benzene rings is 1. The summed E-state index contributed by atoms with van der Waals surface area (Å²) >= 11 is 4.30. The van der Waals surface area contributed by atoms with Gasteiger partial charge in [-0.3, -0.25) is 14.4 Å². The number of thiol groups is 1. The van der Waals surface area contributed by atoms with Gasteiger partial charge in [0.05, 0.1) is 13.0 Å². The van der Waals surface area contributed by atoms with Crippen LogP contribution in [0.1, 0.15) is 64.6 Å². The second-order valence-corrected chi connectivity index (χ2v) is 10.4. The van der Waals surface area contributed by atoms with Crippen molar-refractivity contribution in [1.82, 2.24) is 15.5 Å². The largest absolute Gasteiger partial charge is 0.466 e. The van der Waals surface area contributed by atoms with E-state index in [0.29, 0.717) is 5.56 Å². The number of aryl methyl sites for hydroxylation is 1. The van der Waals surface area contributed by atoms with Crippen molar-refractivity contribution in [2.45, 2.75) is 78.1 Å². The monoisotopic (exact) mass is 521 g/mol. The Labute approximate surface area is 219 Å². The van der Waals surface area contributed by atoms with Crippen LogP contribution in [-0.4, -0.2) is 65.4 Å². The van der Waals surface area contributed by atoms with Gasteiger partial charge in [-0.15, -0.1) is 0 Å². The highest BCUT2D eigenvalue weighted by molar-refractivity contribution is 7.80. The minimum absolute atomic E-state index is 0.0213. The zero-order valence-corrected chi connectivity index (χ0v) is 22.9. The van der Waals surface area contributed by atoms with Gasteiger partial charge in [-0.2, -0.15) is 12.6 Å². The van der Waals surface area contributed by atoms with Crippen molar-refractivity contribution in [1.29, 1.82) is 0 Å². The fraction of sp³-hybridized carbons (Fsp3) is 0.615. The van der Waals surface area contributed by atoms with Crippen LogP contribution in [0, 0.1) is 12.8 Å². The van der Waals surface area contributed by atoms with Crippen molar-refractivity contribution in [2.24, 2.45) is 5.92 Å². The van der Waals surface area contributed by atoms with Crippen LogP contribution < -0.4 is 10.6 Å². The Morgan fingerprint density at radius 1 is 1.17 bits per heavy atom. The van der Waals surface area contributed by atoms with Crippen LogP contribution in [0.4, 0.5) is 4.79 Å². The lowest BCUT2D eigenvalue weighted by Crippen LogP contribution is -2.54. The van der Waals surface area contributed by atoms with Gasteiger partial charge in [-0.05, 0) is 52.5 Å². The molecule has 0 aliphatic heterocycles. The first-order valence-corrected chi connectivity index (χ1v) is 12.9. The summed E-state index contributed by atoms with van der Waals surface area (Å²) in [7, 11) is 0. The van der Waals surface area contributed by atoms with Gasteiger partial charge in [-0.25, -0.2) is 4.79 Å². The molecule has 0 saturated heterocycles. The molecule has 200 valence electrons. The maximum absolute atomic E-state index is 13.8. The highest BCUT2D eigenvalue weighted by atomic mass is 32.1. The van der Waals surface area contributed by atoms with E-state index in [1.54, 1.807) is 32.6 Å². The van der Waals surface area contributed by atoms with Gasteiger partial charge in [0.1, 0.15) is 17.7 Å². The van der Waals surface area contributed by atoms with Gasteiger partial charge >= 0.3 is 12.1 Å². The summed E-state index contributed by atoms with van der Waals surface area (Å²) < 4.78 is 10.3. The SMILES string of the molecule is CCOC(=O)CCNC(=O)C(c1ccc(C)cc1)N(C(=O)C(CS)NC(=O)OC(C)(C)C)C1CC1C. The van der Waals surface area contributed by atoms with E-state index in [2.05, 4.69) is 23.3 Å². The molecule has 36 heavy (non-hydrogen) atoms. The molecule has 0 heterocycles. The van der Waals surface area contributed by atoms with Crippen LogP contribution in [0.3, 0.4) is 0 Å². The molecule has 1 aliphatic rings. The molecule has 2 N–H and O–H groups in total. The lowest BCUT2D eigenvalue weighted by atomic mass is 10.0. The Bertz CT molecular complexity index is 931. The molecular formula is C26H39N3O6S. The number of carbonyl (C=O) groups is 4. The average molecular weight is 522 g/mol. The maximum atomic E-state index is 13.8. The topological polar surface area (TPSA) is 114 Å². The molecule has 9 nitrogen and oxygen atoms in total. The van der Waals surface area contributed by atoms with E-state index in [4.69, 9.17) is 9.47 Å². The van der Waals surface area contributed by atoms with E-state index in [0.717, 1.165) is 12.0 Å². The number of rotatable bonds is 11. The lowest BCUT2D eigenvalue weighted by Gasteiger charge is -2.34. The molecule has 1 aromatic rings. The van der Waals surface area contributed by atoms with Crippen molar-refractivity contribution >= 4 is 36.5 Å². The van der Waals surface area contributed by atoms with Crippen molar-refractivity contribution in [3.8, 4) is 0 Å². The predicted molar refractivity (Wildman–Crippen MR) is 140 cm³/mol. The van der Waals surface area contributed by atoms with E-state index in [1.165, 1.54) is 0 Å². The van der Waals surface area contributed by atoms with Gasteiger partial charge in [0.2, 0.25) is 11.8 Å². The van der Waals surface area contributed by atoms with E-state index in [-0.39, 0.29) is 37.3 Å². The molecule has 0 radical (unpaired) electrons. The highest BCUT2D eigenvalue weighted by Crippen LogP contribution is 2.40. The highest BCUT2D eigenvalue weighted by Gasteiger charge is 2.48. The lowest BCUT2D eigenvalue weighted by molar-refractivity contribution is -0.144. The van der Waals surface area contributed by atoms with Crippen LogP contribution in [-0.2, 0) is 23.9 Å². The summed E-state index contributed by atoms with van der Waals surface area (Å²) in [5, 5.41) is 5.39. The second-order valence-electron chi connectivity index (χ2n) is 10.1. The van der Waals surface area contributed by atoms with Crippen molar-refractivity contribution in [2.75, 3.05) is 18.9 Å². The molecule has 4 atom stereocenters. The molecular weight excluding hydrogens is 482 g/mol. The van der Waals surface area contributed by atoms with Crippen LogP contribution in [0.15, 0.2) is 24.3 Å². The van der Waals surface area contributed by atoms with Gasteiger partial charge in [0.25, 0.3) is 0 Å². The van der Waals surface area contributed by atoms with Crippen molar-refractivity contribution in [3.05, 3.63) is 35.4 Å². The Kier molecular flexibility index (Phi) is 10.6. The van der Waals surface area contributed by atoms with Gasteiger partial charge in [0, 0.05) is 18.3 Å². The Morgan fingerprint density at radius 3 is 2.28 bits per heavy atom. The van der Waals surface area contributed by atoms with E-state index >= 15 is 0 Å². The molecule has 1 saturated carbocycles. The molecule has 3 amide bonds. The smallest absolute Gasteiger partial charge is 0.408 e. The molecule has 1 aliphatic carbocycles. The number of amides is 3. The zero-order valence-electron chi connectivity index (χ0n) is 22.0. The molecule has 4 unspecified atom stereocenters. The minimum Gasteiger partial charge on any atom is -0.466 e. The average Bonchev–Trinajstić information content (AvgIpc) is 3.50. The summed E-state index contributed by atoms with van der Waals surface area (Å²) in [6.45, 7) is 11.2. The number of ether oxygens (including phenoxy) is 2. The van der Waals surface area contributed by atoms with Gasteiger partial charge < -0.3 is 25.0 Å². The number of nitrogens with zero attached hydrogens (tertiary/aromatic N) is 1. The fourth-order valence-electron chi connectivity index (χ4n) is 3.79. The second kappa shape index (κ2) is 13.0. The standard InChI is InChI=1S/C26H39N3O6S/c1-7-34-21(30)12-13-27-23(31)22(18-10-8-16(2)9-11-18)29(20-14-17(20)3)24(32)19(15-36)28-25(33)35-26(4,5)6/h8-11,17,19-20,22,36H,7,12-15H2,1-6H3,(H,27,31)(H,28,33). The Balaban J connectivity index is 2.34. The number of nitrogens with one attached hydrogen (secondary N) is 2. The first-order valence-electron chi connectivity index (χ1n) is 12.3. The number of hydrogen-bond donors (Lipinski definition) is 3. The van der Waals surface area contributed by atoms with Crippen LogP contribution >= 0.6 is 12.6 Å². The van der Waals surface area contributed by atoms with Crippen molar-refractivity contribution < 1.29 is 28.7 Å². The summed E-state index contributed by atoms with van der Waals surface area (Å²) in [6.07, 6.45) is 0.0214. The maximum Gasteiger partial charge on any atom is 0.408 e. The Morgan fingerprint density at radius 2 is 1.78 bits per heavy atom.